The van der Waals surface area contributed by atoms with Crippen molar-refractivity contribution in [1.82, 2.24) is 0 Å². The molecule has 114 valence electrons. The van der Waals surface area contributed by atoms with E-state index in [1.165, 1.54) is 18.5 Å². The first kappa shape index (κ1) is 15.8. The van der Waals surface area contributed by atoms with E-state index in [2.05, 4.69) is 10.2 Å². The van der Waals surface area contributed by atoms with Crippen LogP contribution in [0.5, 0.6) is 0 Å². The molecular formula is C16H23N3OS. The van der Waals surface area contributed by atoms with Gasteiger partial charge in [0.2, 0.25) is 5.91 Å². The Hall–Kier alpha value is -1.62. The van der Waals surface area contributed by atoms with Gasteiger partial charge in [-0.2, -0.15) is 0 Å². The average Bonchev–Trinajstić information content (AvgIpc) is 2.92. The maximum absolute atomic E-state index is 12.2. The summed E-state index contributed by atoms with van der Waals surface area (Å²) in [6.45, 7) is 6.12. The van der Waals surface area contributed by atoms with Crippen molar-refractivity contribution in [2.24, 2.45) is 17.6 Å². The van der Waals surface area contributed by atoms with Crippen molar-refractivity contribution in [2.75, 3.05) is 23.3 Å². The lowest BCUT2D eigenvalue weighted by molar-refractivity contribution is -0.118. The van der Waals surface area contributed by atoms with Gasteiger partial charge in [-0.1, -0.05) is 26.1 Å². The largest absolute Gasteiger partial charge is 0.393 e. The first-order chi connectivity index (χ1) is 9.99. The van der Waals surface area contributed by atoms with Gasteiger partial charge >= 0.3 is 0 Å². The molecule has 1 heterocycles. The lowest BCUT2D eigenvalue weighted by atomic mass is 9.95. The van der Waals surface area contributed by atoms with Crippen LogP contribution in [0, 0.1) is 11.8 Å². The van der Waals surface area contributed by atoms with Crippen molar-refractivity contribution >= 4 is 34.5 Å². The van der Waals surface area contributed by atoms with E-state index in [0.29, 0.717) is 0 Å². The van der Waals surface area contributed by atoms with Crippen LogP contribution in [0.1, 0.15) is 26.7 Å². The Kier molecular flexibility index (Phi) is 5.17. The molecule has 1 aliphatic rings. The molecule has 1 aromatic carbocycles. The summed E-state index contributed by atoms with van der Waals surface area (Å²) in [5.74, 6) is -0.476. The van der Waals surface area contributed by atoms with Crippen LogP contribution in [0.4, 0.5) is 11.4 Å². The van der Waals surface area contributed by atoms with E-state index >= 15 is 0 Å². The number of nitrogens with two attached hydrogens (primary N) is 1. The predicted octanol–water partition coefficient (Wildman–Crippen LogP) is 2.78. The number of nitrogens with zero attached hydrogens (tertiary/aromatic N) is 1. The minimum absolute atomic E-state index is 0.0892. The number of hydrogen-bond donors (Lipinski definition) is 2. The normalized spacial score (nSPS) is 16.0. The van der Waals surface area contributed by atoms with E-state index in [1.54, 1.807) is 0 Å². The lowest BCUT2D eigenvalue weighted by Gasteiger charge is -2.20. The summed E-state index contributed by atoms with van der Waals surface area (Å²) in [6, 6.07) is 7.96. The van der Waals surface area contributed by atoms with E-state index in [1.807, 2.05) is 38.1 Å². The third-order valence-corrected chi connectivity index (χ3v) is 4.12. The maximum Gasteiger partial charge on any atom is 0.234 e. The SMILES string of the molecule is CC(C)C(C(=O)Nc1ccc(N2CCCC2)cc1)C(N)=S. The minimum Gasteiger partial charge on any atom is -0.393 e. The summed E-state index contributed by atoms with van der Waals surface area (Å²) >= 11 is 4.99. The fraction of sp³-hybridized carbons (Fsp3) is 0.500. The van der Waals surface area contributed by atoms with Gasteiger partial charge in [-0.15, -0.1) is 0 Å². The molecule has 1 aromatic rings. The standard InChI is InChI=1S/C16H23N3OS/c1-11(2)14(15(17)21)16(20)18-12-5-7-13(8-6-12)19-9-3-4-10-19/h5-8,11,14H,3-4,9-10H2,1-2H3,(H2,17,21)(H,18,20). The molecule has 4 nitrogen and oxygen atoms in total. The van der Waals surface area contributed by atoms with Crippen LogP contribution in [0.3, 0.4) is 0 Å². The van der Waals surface area contributed by atoms with E-state index < -0.39 is 5.92 Å². The van der Waals surface area contributed by atoms with E-state index in [0.717, 1.165) is 18.8 Å². The number of anilines is 2. The smallest absolute Gasteiger partial charge is 0.234 e. The van der Waals surface area contributed by atoms with Gasteiger partial charge in [0.25, 0.3) is 0 Å². The second kappa shape index (κ2) is 6.89. The molecule has 1 unspecified atom stereocenters. The molecular weight excluding hydrogens is 282 g/mol. The van der Waals surface area contributed by atoms with Crippen LogP contribution in [0.25, 0.3) is 0 Å². The molecule has 1 amide bonds. The molecule has 21 heavy (non-hydrogen) atoms. The fourth-order valence-electron chi connectivity index (χ4n) is 2.71. The molecule has 0 spiro atoms. The van der Waals surface area contributed by atoms with Gasteiger partial charge in [-0.3, -0.25) is 4.79 Å². The lowest BCUT2D eigenvalue weighted by Crippen LogP contribution is -2.36. The van der Waals surface area contributed by atoms with Crippen molar-refractivity contribution < 1.29 is 4.79 Å². The molecule has 0 aliphatic carbocycles. The topological polar surface area (TPSA) is 58.4 Å². The van der Waals surface area contributed by atoms with E-state index in [9.17, 15) is 4.79 Å². The van der Waals surface area contributed by atoms with Crippen LogP contribution in [0.2, 0.25) is 0 Å². The molecule has 1 saturated heterocycles. The van der Waals surface area contributed by atoms with Crippen LogP contribution in [-0.4, -0.2) is 24.0 Å². The number of thiocarbonyl (C=S) groups is 1. The van der Waals surface area contributed by atoms with E-state index in [4.69, 9.17) is 18.0 Å². The Morgan fingerprint density at radius 1 is 1.24 bits per heavy atom. The number of amides is 1. The zero-order chi connectivity index (χ0) is 15.4. The van der Waals surface area contributed by atoms with Gasteiger partial charge in [0.05, 0.1) is 10.9 Å². The molecule has 0 radical (unpaired) electrons. The number of benzene rings is 1. The number of hydrogen-bond acceptors (Lipinski definition) is 3. The molecule has 1 fully saturated rings. The summed E-state index contributed by atoms with van der Waals surface area (Å²) < 4.78 is 0. The molecule has 1 aliphatic heterocycles. The quantitative estimate of drug-likeness (QED) is 0.821. The summed E-state index contributed by atoms with van der Waals surface area (Å²) in [5, 5.41) is 2.90. The predicted molar refractivity (Wildman–Crippen MR) is 91.6 cm³/mol. The first-order valence-corrected chi connectivity index (χ1v) is 7.85. The maximum atomic E-state index is 12.2. The van der Waals surface area contributed by atoms with Gasteiger partial charge < -0.3 is 16.0 Å². The van der Waals surface area contributed by atoms with Crippen LogP contribution < -0.4 is 16.0 Å². The Bertz CT molecular complexity index is 507. The van der Waals surface area contributed by atoms with Crippen LogP contribution in [-0.2, 0) is 4.79 Å². The molecule has 0 bridgehead atoms. The summed E-state index contributed by atoms with van der Waals surface area (Å²) in [7, 11) is 0. The number of nitrogens with one attached hydrogen (secondary N) is 1. The fourth-order valence-corrected chi connectivity index (χ4v) is 3.09. The minimum atomic E-state index is -0.432. The third-order valence-electron chi connectivity index (χ3n) is 3.86. The first-order valence-electron chi connectivity index (χ1n) is 7.44. The molecule has 3 N–H and O–H groups in total. The van der Waals surface area contributed by atoms with Crippen molar-refractivity contribution in [3.05, 3.63) is 24.3 Å². The van der Waals surface area contributed by atoms with E-state index in [-0.39, 0.29) is 16.8 Å². The average molecular weight is 305 g/mol. The second-order valence-electron chi connectivity index (χ2n) is 5.85. The van der Waals surface area contributed by atoms with Crippen molar-refractivity contribution in [3.63, 3.8) is 0 Å². The molecule has 2 rings (SSSR count). The number of carbonyl (C=O) groups is 1. The van der Waals surface area contributed by atoms with Gasteiger partial charge in [0.1, 0.15) is 0 Å². The van der Waals surface area contributed by atoms with Gasteiger partial charge in [-0.25, -0.2) is 0 Å². The Morgan fingerprint density at radius 2 is 1.81 bits per heavy atom. The molecule has 0 saturated carbocycles. The van der Waals surface area contributed by atoms with Gasteiger partial charge in [-0.05, 0) is 43.0 Å². The Labute approximate surface area is 131 Å². The second-order valence-corrected chi connectivity index (χ2v) is 6.33. The van der Waals surface area contributed by atoms with Crippen LogP contribution >= 0.6 is 12.2 Å². The monoisotopic (exact) mass is 305 g/mol. The number of carbonyl (C=O) groups excluding carboxylic acids is 1. The van der Waals surface area contributed by atoms with Crippen molar-refractivity contribution in [3.8, 4) is 0 Å². The summed E-state index contributed by atoms with van der Waals surface area (Å²) in [4.78, 5) is 14.9. The van der Waals surface area contributed by atoms with Gasteiger partial charge in [0, 0.05) is 24.5 Å². The molecule has 1 atom stereocenters. The zero-order valence-electron chi connectivity index (χ0n) is 12.6. The van der Waals surface area contributed by atoms with Crippen molar-refractivity contribution in [2.45, 2.75) is 26.7 Å². The third kappa shape index (κ3) is 3.94. The number of rotatable bonds is 5. The van der Waals surface area contributed by atoms with Gasteiger partial charge in [0.15, 0.2) is 0 Å². The summed E-state index contributed by atoms with van der Waals surface area (Å²) in [5.41, 5.74) is 7.65. The highest BCUT2D eigenvalue weighted by atomic mass is 32.1. The summed E-state index contributed by atoms with van der Waals surface area (Å²) in [6.07, 6.45) is 2.50. The van der Waals surface area contributed by atoms with Crippen molar-refractivity contribution in [1.29, 1.82) is 0 Å². The molecule has 0 aromatic heterocycles. The Balaban J connectivity index is 2.02. The zero-order valence-corrected chi connectivity index (χ0v) is 13.5. The Morgan fingerprint density at radius 3 is 2.29 bits per heavy atom. The highest BCUT2D eigenvalue weighted by molar-refractivity contribution is 7.80. The molecule has 5 heteroatoms. The highest BCUT2D eigenvalue weighted by Crippen LogP contribution is 2.23. The highest BCUT2D eigenvalue weighted by Gasteiger charge is 2.25. The van der Waals surface area contributed by atoms with Crippen LogP contribution in [0.15, 0.2) is 24.3 Å².